The van der Waals surface area contributed by atoms with Gasteiger partial charge in [-0.25, -0.2) is 0 Å². The molecule has 2 heterocycles. The van der Waals surface area contributed by atoms with E-state index in [1.54, 1.807) is 0 Å². The number of aromatic nitrogens is 2. The molecule has 0 saturated carbocycles. The molecule has 0 fully saturated rings. The predicted molar refractivity (Wildman–Crippen MR) is 89.8 cm³/mol. The predicted octanol–water partition coefficient (Wildman–Crippen LogP) is 3.70. The van der Waals surface area contributed by atoms with E-state index >= 15 is 0 Å². The minimum atomic E-state index is 0.152. The van der Waals surface area contributed by atoms with Gasteiger partial charge < -0.3 is 5.32 Å². The van der Waals surface area contributed by atoms with Crippen molar-refractivity contribution in [3.63, 3.8) is 0 Å². The first kappa shape index (κ1) is 14.3. The number of hydrogen-bond acceptors (Lipinski definition) is 3. The topological polar surface area (TPSA) is 29.9 Å². The number of rotatable bonds is 5. The van der Waals surface area contributed by atoms with Crippen molar-refractivity contribution in [3.8, 4) is 0 Å². The van der Waals surface area contributed by atoms with Crippen LogP contribution in [0.5, 0.6) is 0 Å². The fourth-order valence-electron chi connectivity index (χ4n) is 2.66. The van der Waals surface area contributed by atoms with E-state index in [-0.39, 0.29) is 5.41 Å². The summed E-state index contributed by atoms with van der Waals surface area (Å²) in [6.45, 7) is 6.30. The molecule has 0 aliphatic carbocycles. The summed E-state index contributed by atoms with van der Waals surface area (Å²) in [5.74, 6) is 0. The normalized spacial score (nSPS) is 12.1. The summed E-state index contributed by atoms with van der Waals surface area (Å²) in [5, 5.41) is 11.6. The Bertz CT molecular complexity index is 726. The molecular weight excluding hydrogens is 278 g/mol. The molecule has 1 N–H and O–H groups in total. The Morgan fingerprint density at radius 2 is 2.00 bits per heavy atom. The first-order chi connectivity index (χ1) is 10.1. The third-order valence-corrected chi connectivity index (χ3v) is 5.12. The van der Waals surface area contributed by atoms with Crippen LogP contribution in [0.25, 0.3) is 10.9 Å². The molecule has 110 valence electrons. The molecule has 3 nitrogen and oxygen atoms in total. The molecule has 0 aliphatic heterocycles. The number of hydrogen-bond donors (Lipinski definition) is 1. The van der Waals surface area contributed by atoms with Crippen LogP contribution in [0.3, 0.4) is 0 Å². The van der Waals surface area contributed by atoms with Gasteiger partial charge in [-0.15, -0.1) is 11.3 Å². The molecule has 0 unspecified atom stereocenters. The fraction of sp³-hybridized carbons (Fsp3) is 0.353. The monoisotopic (exact) mass is 299 g/mol. The van der Waals surface area contributed by atoms with E-state index in [4.69, 9.17) is 0 Å². The van der Waals surface area contributed by atoms with Crippen molar-refractivity contribution < 1.29 is 0 Å². The van der Waals surface area contributed by atoms with E-state index in [0.717, 1.165) is 18.8 Å². The lowest BCUT2D eigenvalue weighted by atomic mass is 9.91. The Hall–Kier alpha value is -1.65. The third-order valence-electron chi connectivity index (χ3n) is 3.88. The third kappa shape index (κ3) is 2.87. The zero-order chi connectivity index (χ0) is 14.9. The van der Waals surface area contributed by atoms with Gasteiger partial charge in [0.2, 0.25) is 0 Å². The van der Waals surface area contributed by atoms with Gasteiger partial charge in [0.25, 0.3) is 0 Å². The standard InChI is InChI=1S/C17H21N3S/c1-17(2,16-9-6-10-21-16)12-18-11-14-13-7-4-5-8-15(13)20(3)19-14/h4-10,18H,11-12H2,1-3H3. The second-order valence-electron chi connectivity index (χ2n) is 6.05. The average molecular weight is 299 g/mol. The first-order valence-electron chi connectivity index (χ1n) is 7.23. The number of nitrogens with zero attached hydrogens (tertiary/aromatic N) is 2. The molecule has 2 aromatic heterocycles. The van der Waals surface area contributed by atoms with E-state index in [1.165, 1.54) is 15.8 Å². The van der Waals surface area contributed by atoms with Crippen molar-refractivity contribution in [2.24, 2.45) is 7.05 Å². The number of nitrogens with one attached hydrogen (secondary N) is 1. The van der Waals surface area contributed by atoms with Gasteiger partial charge in [-0.1, -0.05) is 38.1 Å². The molecular formula is C17H21N3S. The van der Waals surface area contributed by atoms with Crippen LogP contribution >= 0.6 is 11.3 Å². The Balaban J connectivity index is 1.70. The summed E-state index contributed by atoms with van der Waals surface area (Å²) >= 11 is 1.82. The SMILES string of the molecule is Cn1nc(CNCC(C)(C)c2cccs2)c2ccccc21. The molecule has 4 heteroatoms. The van der Waals surface area contributed by atoms with Crippen LogP contribution in [0.2, 0.25) is 0 Å². The molecule has 0 atom stereocenters. The summed E-state index contributed by atoms with van der Waals surface area (Å²) in [6, 6.07) is 12.7. The van der Waals surface area contributed by atoms with Crippen molar-refractivity contribution in [2.75, 3.05) is 6.54 Å². The molecule has 0 amide bonds. The number of benzene rings is 1. The number of aryl methyl sites for hydroxylation is 1. The van der Waals surface area contributed by atoms with Gasteiger partial charge in [-0.2, -0.15) is 5.10 Å². The number of para-hydroxylation sites is 1. The maximum atomic E-state index is 4.63. The van der Waals surface area contributed by atoms with Gasteiger partial charge in [0, 0.05) is 35.8 Å². The highest BCUT2D eigenvalue weighted by atomic mass is 32.1. The van der Waals surface area contributed by atoms with Gasteiger partial charge in [0.15, 0.2) is 0 Å². The fourth-order valence-corrected chi connectivity index (χ4v) is 3.52. The van der Waals surface area contributed by atoms with Gasteiger partial charge >= 0.3 is 0 Å². The van der Waals surface area contributed by atoms with Crippen LogP contribution in [-0.2, 0) is 19.0 Å². The molecule has 21 heavy (non-hydrogen) atoms. The minimum Gasteiger partial charge on any atom is -0.310 e. The second-order valence-corrected chi connectivity index (χ2v) is 7.00. The molecule has 0 bridgehead atoms. The van der Waals surface area contributed by atoms with Crippen LogP contribution in [0, 0.1) is 0 Å². The van der Waals surface area contributed by atoms with Crippen LogP contribution in [-0.4, -0.2) is 16.3 Å². The van der Waals surface area contributed by atoms with E-state index < -0.39 is 0 Å². The largest absolute Gasteiger partial charge is 0.310 e. The maximum absolute atomic E-state index is 4.63. The van der Waals surface area contributed by atoms with Crippen molar-refractivity contribution in [2.45, 2.75) is 25.8 Å². The molecule has 0 spiro atoms. The second kappa shape index (κ2) is 5.62. The minimum absolute atomic E-state index is 0.152. The summed E-state index contributed by atoms with van der Waals surface area (Å²) in [6.07, 6.45) is 0. The zero-order valence-electron chi connectivity index (χ0n) is 12.8. The van der Waals surface area contributed by atoms with Crippen LogP contribution in [0.15, 0.2) is 41.8 Å². The van der Waals surface area contributed by atoms with E-state index in [1.807, 2.05) is 23.1 Å². The molecule has 1 aromatic carbocycles. The van der Waals surface area contributed by atoms with Gasteiger partial charge in [-0.3, -0.25) is 4.68 Å². The summed E-state index contributed by atoms with van der Waals surface area (Å²) < 4.78 is 1.96. The lowest BCUT2D eigenvalue weighted by Crippen LogP contribution is -2.32. The average Bonchev–Trinajstić information content (AvgIpc) is 3.09. The van der Waals surface area contributed by atoms with E-state index in [2.05, 4.69) is 66.0 Å². The van der Waals surface area contributed by atoms with E-state index in [9.17, 15) is 0 Å². The number of fused-ring (bicyclic) bond motifs is 1. The van der Waals surface area contributed by atoms with Crippen molar-refractivity contribution in [3.05, 3.63) is 52.3 Å². The molecule has 0 aliphatic rings. The van der Waals surface area contributed by atoms with Crippen LogP contribution in [0.4, 0.5) is 0 Å². The summed E-state index contributed by atoms with van der Waals surface area (Å²) in [4.78, 5) is 1.42. The number of thiophene rings is 1. The Morgan fingerprint density at radius 3 is 2.76 bits per heavy atom. The van der Waals surface area contributed by atoms with Gasteiger partial charge in [0.05, 0.1) is 11.2 Å². The lowest BCUT2D eigenvalue weighted by Gasteiger charge is -2.23. The smallest absolute Gasteiger partial charge is 0.0841 e. The highest BCUT2D eigenvalue weighted by Crippen LogP contribution is 2.26. The van der Waals surface area contributed by atoms with Crippen molar-refractivity contribution in [1.29, 1.82) is 0 Å². The van der Waals surface area contributed by atoms with Crippen molar-refractivity contribution in [1.82, 2.24) is 15.1 Å². The van der Waals surface area contributed by atoms with Crippen LogP contribution < -0.4 is 5.32 Å². The first-order valence-corrected chi connectivity index (χ1v) is 8.11. The van der Waals surface area contributed by atoms with E-state index in [0.29, 0.717) is 0 Å². The van der Waals surface area contributed by atoms with Gasteiger partial charge in [0.1, 0.15) is 0 Å². The Kier molecular flexibility index (Phi) is 3.83. The molecule has 3 aromatic rings. The molecule has 3 rings (SSSR count). The zero-order valence-corrected chi connectivity index (χ0v) is 13.6. The molecule has 0 saturated heterocycles. The van der Waals surface area contributed by atoms with Crippen LogP contribution in [0.1, 0.15) is 24.4 Å². The quantitative estimate of drug-likeness (QED) is 0.778. The molecule has 0 radical (unpaired) electrons. The summed E-state index contributed by atoms with van der Waals surface area (Å²) in [7, 11) is 2.00. The maximum Gasteiger partial charge on any atom is 0.0841 e. The highest BCUT2D eigenvalue weighted by molar-refractivity contribution is 7.10. The highest BCUT2D eigenvalue weighted by Gasteiger charge is 2.21. The Labute approximate surface area is 129 Å². The van der Waals surface area contributed by atoms with Crippen molar-refractivity contribution >= 4 is 22.2 Å². The van der Waals surface area contributed by atoms with Gasteiger partial charge in [-0.05, 0) is 17.5 Å². The summed E-state index contributed by atoms with van der Waals surface area (Å²) in [5.41, 5.74) is 2.46. The Morgan fingerprint density at radius 1 is 1.19 bits per heavy atom. The lowest BCUT2D eigenvalue weighted by molar-refractivity contribution is 0.474.